The van der Waals surface area contributed by atoms with Gasteiger partial charge in [0.25, 0.3) is 5.91 Å². The van der Waals surface area contributed by atoms with Crippen molar-refractivity contribution in [2.75, 3.05) is 32.7 Å². The largest absolute Gasteiger partial charge is 0.336 e. The maximum atomic E-state index is 13.1. The summed E-state index contributed by atoms with van der Waals surface area (Å²) in [6, 6.07) is 11.0. The summed E-state index contributed by atoms with van der Waals surface area (Å²) in [5, 5.41) is 4.59. The van der Waals surface area contributed by atoms with Crippen molar-refractivity contribution >= 4 is 29.2 Å². The summed E-state index contributed by atoms with van der Waals surface area (Å²) >= 11 is 1.75. The van der Waals surface area contributed by atoms with Crippen LogP contribution in [0.25, 0.3) is 0 Å². The number of nitrogens with zero attached hydrogens (tertiary/aromatic N) is 3. The number of hydrogen-bond acceptors (Lipinski definition) is 5. The Hall–Kier alpha value is -2.71. The fraction of sp³-hybridized carbons (Fsp3) is 0.350. The zero-order valence-corrected chi connectivity index (χ0v) is 16.3. The number of thiophene rings is 1. The maximum absolute atomic E-state index is 13.1. The summed E-state index contributed by atoms with van der Waals surface area (Å²) in [7, 11) is 0. The Morgan fingerprint density at radius 1 is 1.00 bits per heavy atom. The highest BCUT2D eigenvalue weighted by molar-refractivity contribution is 7.09. The van der Waals surface area contributed by atoms with Crippen LogP contribution in [-0.2, 0) is 17.9 Å². The van der Waals surface area contributed by atoms with Gasteiger partial charge in [-0.05, 0) is 23.1 Å². The normalized spacial score (nSPS) is 17.9. The van der Waals surface area contributed by atoms with Gasteiger partial charge in [0.2, 0.25) is 5.91 Å². The van der Waals surface area contributed by atoms with E-state index in [9.17, 15) is 14.4 Å². The molecule has 0 unspecified atom stereocenters. The van der Waals surface area contributed by atoms with Crippen LogP contribution < -0.4 is 5.32 Å². The molecule has 2 aromatic rings. The summed E-state index contributed by atoms with van der Waals surface area (Å²) in [6.07, 6.45) is 0. The molecule has 3 heterocycles. The zero-order valence-electron chi connectivity index (χ0n) is 15.5. The Kier molecular flexibility index (Phi) is 5.40. The summed E-state index contributed by atoms with van der Waals surface area (Å²) < 4.78 is 0. The van der Waals surface area contributed by atoms with E-state index in [1.807, 2.05) is 17.0 Å². The molecule has 8 heteroatoms. The molecule has 28 heavy (non-hydrogen) atoms. The van der Waals surface area contributed by atoms with E-state index in [-0.39, 0.29) is 24.9 Å². The van der Waals surface area contributed by atoms with Gasteiger partial charge in [-0.25, -0.2) is 4.79 Å². The highest BCUT2D eigenvalue weighted by Gasteiger charge is 2.30. The van der Waals surface area contributed by atoms with E-state index in [0.717, 1.165) is 24.5 Å². The van der Waals surface area contributed by atoms with Crippen LogP contribution in [-0.4, -0.2) is 65.3 Å². The standard InChI is InChI=1S/C20H22N4O3S/c25-18-12-21-20(27)24(18)13-15-4-1-2-6-17(15)19(26)23-9-7-22(8-10-23)14-16-5-3-11-28-16/h1-6,11H,7-10,12-14H2,(H,21,27). The number of carbonyl (C=O) groups excluding carboxylic acids is 3. The highest BCUT2D eigenvalue weighted by atomic mass is 32.1. The molecule has 1 aromatic carbocycles. The third kappa shape index (κ3) is 3.93. The van der Waals surface area contributed by atoms with Gasteiger partial charge in [-0.1, -0.05) is 24.3 Å². The van der Waals surface area contributed by atoms with E-state index in [0.29, 0.717) is 24.2 Å². The first-order valence-corrected chi connectivity index (χ1v) is 10.2. The highest BCUT2D eigenvalue weighted by Crippen LogP contribution is 2.18. The average Bonchev–Trinajstić information content (AvgIpc) is 3.34. The first kappa shape index (κ1) is 18.6. The molecule has 0 aliphatic carbocycles. The minimum absolute atomic E-state index is 0.0150. The van der Waals surface area contributed by atoms with Crippen molar-refractivity contribution in [3.05, 3.63) is 57.8 Å². The van der Waals surface area contributed by atoms with Crippen LogP contribution in [0.5, 0.6) is 0 Å². The smallest absolute Gasteiger partial charge is 0.324 e. The molecule has 0 spiro atoms. The molecule has 4 rings (SSSR count). The van der Waals surface area contributed by atoms with Gasteiger partial charge in [0.15, 0.2) is 0 Å². The van der Waals surface area contributed by atoms with Crippen molar-refractivity contribution in [1.82, 2.24) is 20.0 Å². The number of urea groups is 1. The lowest BCUT2D eigenvalue weighted by atomic mass is 10.1. The number of imide groups is 1. The van der Waals surface area contributed by atoms with Gasteiger partial charge >= 0.3 is 6.03 Å². The molecule has 2 fully saturated rings. The van der Waals surface area contributed by atoms with Gasteiger partial charge in [0, 0.05) is 43.2 Å². The monoisotopic (exact) mass is 398 g/mol. The maximum Gasteiger partial charge on any atom is 0.324 e. The molecule has 0 radical (unpaired) electrons. The molecule has 0 atom stereocenters. The number of benzene rings is 1. The molecule has 7 nitrogen and oxygen atoms in total. The van der Waals surface area contributed by atoms with Crippen molar-refractivity contribution in [2.45, 2.75) is 13.1 Å². The third-order valence-electron chi connectivity index (χ3n) is 5.13. The van der Waals surface area contributed by atoms with Crippen molar-refractivity contribution in [2.24, 2.45) is 0 Å². The van der Waals surface area contributed by atoms with E-state index in [2.05, 4.69) is 27.7 Å². The number of nitrogens with one attached hydrogen (secondary N) is 1. The first-order chi connectivity index (χ1) is 13.6. The summed E-state index contributed by atoms with van der Waals surface area (Å²) in [4.78, 5) is 43.5. The van der Waals surface area contributed by atoms with Crippen LogP contribution in [0.15, 0.2) is 41.8 Å². The van der Waals surface area contributed by atoms with Gasteiger partial charge in [0.1, 0.15) is 0 Å². The van der Waals surface area contributed by atoms with E-state index in [1.54, 1.807) is 23.5 Å². The number of rotatable bonds is 5. The summed E-state index contributed by atoms with van der Waals surface area (Å²) in [6.45, 7) is 4.05. The van der Waals surface area contributed by atoms with Crippen molar-refractivity contribution in [1.29, 1.82) is 0 Å². The van der Waals surface area contributed by atoms with E-state index < -0.39 is 6.03 Å². The minimum Gasteiger partial charge on any atom is -0.336 e. The Labute approximate surface area is 167 Å². The van der Waals surface area contributed by atoms with Crippen LogP contribution >= 0.6 is 11.3 Å². The van der Waals surface area contributed by atoms with Crippen LogP contribution in [0.2, 0.25) is 0 Å². The molecule has 2 saturated heterocycles. The quantitative estimate of drug-likeness (QED) is 0.779. The molecular formula is C20H22N4O3S. The van der Waals surface area contributed by atoms with Crippen LogP contribution in [0.1, 0.15) is 20.8 Å². The van der Waals surface area contributed by atoms with E-state index >= 15 is 0 Å². The molecule has 1 aromatic heterocycles. The fourth-order valence-electron chi connectivity index (χ4n) is 3.55. The lowest BCUT2D eigenvalue weighted by molar-refractivity contribution is -0.125. The zero-order chi connectivity index (χ0) is 19.5. The minimum atomic E-state index is -0.408. The van der Waals surface area contributed by atoms with E-state index in [4.69, 9.17) is 0 Å². The molecule has 2 aliphatic rings. The molecule has 1 N–H and O–H groups in total. The second kappa shape index (κ2) is 8.12. The Bertz CT molecular complexity index is 859. The Morgan fingerprint density at radius 3 is 2.46 bits per heavy atom. The second-order valence-electron chi connectivity index (χ2n) is 6.94. The van der Waals surface area contributed by atoms with Crippen LogP contribution in [0.4, 0.5) is 4.79 Å². The Balaban J connectivity index is 1.41. The number of carbonyl (C=O) groups is 3. The molecule has 0 saturated carbocycles. The topological polar surface area (TPSA) is 73.0 Å². The number of hydrogen-bond donors (Lipinski definition) is 1. The van der Waals surface area contributed by atoms with Gasteiger partial charge in [-0.3, -0.25) is 19.4 Å². The lowest BCUT2D eigenvalue weighted by Crippen LogP contribution is -2.48. The number of piperazine rings is 1. The molecular weight excluding hydrogens is 376 g/mol. The molecule has 2 aliphatic heterocycles. The average molecular weight is 398 g/mol. The summed E-state index contributed by atoms with van der Waals surface area (Å²) in [5.74, 6) is -0.312. The van der Waals surface area contributed by atoms with Crippen molar-refractivity contribution in [3.63, 3.8) is 0 Å². The fourth-order valence-corrected chi connectivity index (χ4v) is 4.30. The van der Waals surface area contributed by atoms with Crippen LogP contribution in [0.3, 0.4) is 0 Å². The van der Waals surface area contributed by atoms with E-state index in [1.165, 1.54) is 4.88 Å². The van der Waals surface area contributed by atoms with Gasteiger partial charge in [0.05, 0.1) is 13.1 Å². The molecule has 4 amide bonds. The van der Waals surface area contributed by atoms with Gasteiger partial charge in [-0.15, -0.1) is 11.3 Å². The second-order valence-corrected chi connectivity index (χ2v) is 7.98. The van der Waals surface area contributed by atoms with Crippen LogP contribution in [0, 0.1) is 0 Å². The number of amides is 4. The van der Waals surface area contributed by atoms with Gasteiger partial charge in [-0.2, -0.15) is 0 Å². The SMILES string of the molecule is O=C(c1ccccc1CN1C(=O)CNC1=O)N1CCN(Cc2cccs2)CC1. The molecule has 146 valence electrons. The van der Waals surface area contributed by atoms with Gasteiger partial charge < -0.3 is 10.2 Å². The lowest BCUT2D eigenvalue weighted by Gasteiger charge is -2.35. The van der Waals surface area contributed by atoms with Crippen molar-refractivity contribution in [3.8, 4) is 0 Å². The predicted octanol–water partition coefficient (Wildman–Crippen LogP) is 1.76. The Morgan fingerprint density at radius 2 is 1.79 bits per heavy atom. The van der Waals surface area contributed by atoms with Crippen molar-refractivity contribution < 1.29 is 14.4 Å². The first-order valence-electron chi connectivity index (χ1n) is 9.32. The third-order valence-corrected chi connectivity index (χ3v) is 5.99. The predicted molar refractivity (Wildman–Crippen MR) is 106 cm³/mol. The molecule has 0 bridgehead atoms. The summed E-state index contributed by atoms with van der Waals surface area (Å²) in [5.41, 5.74) is 1.25.